The van der Waals surface area contributed by atoms with E-state index in [2.05, 4.69) is 85.2 Å². The van der Waals surface area contributed by atoms with Crippen LogP contribution in [-0.2, 0) is 0 Å². The summed E-state index contributed by atoms with van der Waals surface area (Å²) in [5.41, 5.74) is 5.90. The Kier molecular flexibility index (Phi) is 3.81. The third-order valence-corrected chi connectivity index (χ3v) is 4.27. The highest BCUT2D eigenvalue weighted by atomic mass is 79.9. The van der Waals surface area contributed by atoms with Crippen molar-refractivity contribution < 1.29 is 0 Å². The summed E-state index contributed by atoms with van der Waals surface area (Å²) < 4.78 is 1.09. The molecule has 0 radical (unpaired) electrons. The summed E-state index contributed by atoms with van der Waals surface area (Å²) in [4.78, 5) is 4.92. The molecule has 3 aromatic rings. The molecule has 0 N–H and O–H groups in total. The van der Waals surface area contributed by atoms with Crippen LogP contribution in [0.5, 0.6) is 0 Å². The van der Waals surface area contributed by atoms with Gasteiger partial charge in [-0.2, -0.15) is 0 Å². The van der Waals surface area contributed by atoms with Crippen molar-refractivity contribution in [2.45, 2.75) is 26.7 Å². The lowest BCUT2D eigenvalue weighted by molar-refractivity contribution is 0.865. The summed E-state index contributed by atoms with van der Waals surface area (Å²) in [6.07, 6.45) is 0. The zero-order valence-corrected chi connectivity index (χ0v) is 14.1. The molecular weight excluding hydrogens is 322 g/mol. The Morgan fingerprint density at radius 2 is 1.67 bits per heavy atom. The van der Waals surface area contributed by atoms with E-state index >= 15 is 0 Å². The molecule has 0 aliphatic rings. The summed E-state index contributed by atoms with van der Waals surface area (Å²) in [6, 6.07) is 17.1. The largest absolute Gasteiger partial charge is 0.247 e. The molecule has 0 atom stereocenters. The van der Waals surface area contributed by atoms with Crippen molar-refractivity contribution in [1.82, 2.24) is 4.98 Å². The fraction of sp³-hybridized carbons (Fsp3) is 0.211. The molecular formula is C19H18BrN. The molecule has 1 aromatic heterocycles. The second kappa shape index (κ2) is 5.61. The van der Waals surface area contributed by atoms with E-state index in [1.54, 1.807) is 0 Å². The minimum absolute atomic E-state index is 0.445. The van der Waals surface area contributed by atoms with Crippen LogP contribution in [0.3, 0.4) is 0 Å². The van der Waals surface area contributed by atoms with Gasteiger partial charge in [-0.05, 0) is 48.7 Å². The molecule has 3 rings (SSSR count). The maximum absolute atomic E-state index is 4.92. The van der Waals surface area contributed by atoms with E-state index < -0.39 is 0 Å². The number of fused-ring (bicyclic) bond motifs is 1. The van der Waals surface area contributed by atoms with Gasteiger partial charge in [-0.15, -0.1) is 0 Å². The van der Waals surface area contributed by atoms with Crippen molar-refractivity contribution in [1.29, 1.82) is 0 Å². The molecule has 21 heavy (non-hydrogen) atoms. The van der Waals surface area contributed by atoms with Crippen LogP contribution in [0.25, 0.3) is 22.2 Å². The lowest BCUT2D eigenvalue weighted by Crippen LogP contribution is -1.97. The van der Waals surface area contributed by atoms with Crippen LogP contribution in [0.1, 0.15) is 30.9 Å². The summed E-state index contributed by atoms with van der Waals surface area (Å²) in [5, 5.41) is 1.22. The van der Waals surface area contributed by atoms with Crippen LogP contribution < -0.4 is 0 Å². The molecule has 0 aliphatic carbocycles. The maximum Gasteiger partial charge on any atom is 0.0744 e. The van der Waals surface area contributed by atoms with Crippen molar-refractivity contribution in [2.75, 3.05) is 0 Å². The number of halogens is 1. The highest BCUT2D eigenvalue weighted by Gasteiger charge is 2.12. The molecule has 0 aliphatic heterocycles. The molecule has 1 nitrogen and oxygen atoms in total. The van der Waals surface area contributed by atoms with Crippen molar-refractivity contribution >= 4 is 26.8 Å². The highest BCUT2D eigenvalue weighted by Crippen LogP contribution is 2.31. The van der Waals surface area contributed by atoms with Crippen LogP contribution in [0, 0.1) is 6.92 Å². The van der Waals surface area contributed by atoms with Gasteiger partial charge in [0.25, 0.3) is 0 Å². The van der Waals surface area contributed by atoms with Crippen molar-refractivity contribution in [3.05, 3.63) is 64.1 Å². The van der Waals surface area contributed by atoms with Gasteiger partial charge in [0.15, 0.2) is 0 Å². The zero-order valence-electron chi connectivity index (χ0n) is 12.5. The lowest BCUT2D eigenvalue weighted by atomic mass is 9.95. The Balaban J connectivity index is 2.27. The lowest BCUT2D eigenvalue weighted by Gasteiger charge is -2.14. The van der Waals surface area contributed by atoms with Gasteiger partial charge >= 0.3 is 0 Å². The summed E-state index contributed by atoms with van der Waals surface area (Å²) in [5.74, 6) is 0.445. The van der Waals surface area contributed by atoms with Gasteiger partial charge < -0.3 is 0 Å². The SMILES string of the molecule is Cc1ccc2nc(-c3ccc(Br)cc3)c(C(C)C)cc2c1. The van der Waals surface area contributed by atoms with E-state index in [-0.39, 0.29) is 0 Å². The summed E-state index contributed by atoms with van der Waals surface area (Å²) >= 11 is 3.49. The van der Waals surface area contributed by atoms with Gasteiger partial charge in [0.1, 0.15) is 0 Å². The Hall–Kier alpha value is -1.67. The Labute approximate surface area is 134 Å². The van der Waals surface area contributed by atoms with Crippen LogP contribution in [0.15, 0.2) is 53.0 Å². The average molecular weight is 340 g/mol. The molecule has 2 aromatic carbocycles. The maximum atomic E-state index is 4.92. The molecule has 0 bridgehead atoms. The number of aromatic nitrogens is 1. The summed E-state index contributed by atoms with van der Waals surface area (Å²) in [6.45, 7) is 6.57. The third-order valence-electron chi connectivity index (χ3n) is 3.74. The number of pyridine rings is 1. The fourth-order valence-electron chi connectivity index (χ4n) is 2.59. The number of nitrogens with zero attached hydrogens (tertiary/aromatic N) is 1. The van der Waals surface area contributed by atoms with Crippen LogP contribution in [0.4, 0.5) is 0 Å². The number of rotatable bonds is 2. The summed E-state index contributed by atoms with van der Waals surface area (Å²) in [7, 11) is 0. The van der Waals surface area contributed by atoms with Gasteiger partial charge in [-0.3, -0.25) is 0 Å². The first-order valence-corrected chi connectivity index (χ1v) is 8.01. The quantitative estimate of drug-likeness (QED) is 0.549. The van der Waals surface area contributed by atoms with E-state index in [1.165, 1.54) is 22.1 Å². The molecule has 1 heterocycles. The van der Waals surface area contributed by atoms with Gasteiger partial charge in [0.05, 0.1) is 11.2 Å². The second-order valence-electron chi connectivity index (χ2n) is 5.78. The Morgan fingerprint density at radius 1 is 0.952 bits per heavy atom. The van der Waals surface area contributed by atoms with Gasteiger partial charge in [0.2, 0.25) is 0 Å². The predicted molar refractivity (Wildman–Crippen MR) is 93.7 cm³/mol. The molecule has 2 heteroatoms. The molecule has 0 saturated carbocycles. The Bertz CT molecular complexity index is 789. The van der Waals surface area contributed by atoms with Crippen molar-refractivity contribution in [3.8, 4) is 11.3 Å². The topological polar surface area (TPSA) is 12.9 Å². The molecule has 0 saturated heterocycles. The molecule has 106 valence electrons. The molecule has 0 spiro atoms. The average Bonchev–Trinajstić information content (AvgIpc) is 2.46. The first-order valence-electron chi connectivity index (χ1n) is 7.22. The number of aryl methyl sites for hydroxylation is 1. The molecule has 0 fully saturated rings. The van der Waals surface area contributed by atoms with Crippen molar-refractivity contribution in [3.63, 3.8) is 0 Å². The first-order chi connectivity index (χ1) is 10.0. The molecule has 0 amide bonds. The van der Waals surface area contributed by atoms with Crippen LogP contribution in [0.2, 0.25) is 0 Å². The van der Waals surface area contributed by atoms with Crippen LogP contribution >= 0.6 is 15.9 Å². The minimum Gasteiger partial charge on any atom is -0.247 e. The van der Waals surface area contributed by atoms with E-state index in [0.717, 1.165) is 15.7 Å². The van der Waals surface area contributed by atoms with Gasteiger partial charge in [-0.1, -0.05) is 53.5 Å². The minimum atomic E-state index is 0.445. The third kappa shape index (κ3) is 2.86. The van der Waals surface area contributed by atoms with E-state index in [1.807, 2.05) is 0 Å². The van der Waals surface area contributed by atoms with Crippen LogP contribution in [-0.4, -0.2) is 4.98 Å². The second-order valence-corrected chi connectivity index (χ2v) is 6.70. The number of hydrogen-bond donors (Lipinski definition) is 0. The van der Waals surface area contributed by atoms with Gasteiger partial charge in [-0.25, -0.2) is 4.98 Å². The number of benzene rings is 2. The highest BCUT2D eigenvalue weighted by molar-refractivity contribution is 9.10. The standard InChI is InChI=1S/C19H18BrN/c1-12(2)17-11-15-10-13(3)4-9-18(15)21-19(17)14-5-7-16(20)8-6-14/h4-12H,1-3H3. The van der Waals surface area contributed by atoms with E-state index in [9.17, 15) is 0 Å². The molecule has 0 unspecified atom stereocenters. The van der Waals surface area contributed by atoms with E-state index in [0.29, 0.717) is 5.92 Å². The number of hydrogen-bond acceptors (Lipinski definition) is 1. The predicted octanol–water partition coefficient (Wildman–Crippen LogP) is 6.10. The Morgan fingerprint density at radius 3 is 2.33 bits per heavy atom. The normalized spacial score (nSPS) is 11.3. The monoisotopic (exact) mass is 339 g/mol. The van der Waals surface area contributed by atoms with Gasteiger partial charge in [0, 0.05) is 15.4 Å². The first kappa shape index (κ1) is 14.3. The van der Waals surface area contributed by atoms with E-state index in [4.69, 9.17) is 4.98 Å². The zero-order chi connectivity index (χ0) is 15.0. The smallest absolute Gasteiger partial charge is 0.0744 e. The fourth-order valence-corrected chi connectivity index (χ4v) is 2.86. The van der Waals surface area contributed by atoms with Crippen molar-refractivity contribution in [2.24, 2.45) is 0 Å².